The molecule has 0 unspecified atom stereocenters. The number of amides is 2. The van der Waals surface area contributed by atoms with Gasteiger partial charge in [0, 0.05) is 18.0 Å². The molecule has 2 rings (SSSR count). The van der Waals surface area contributed by atoms with E-state index in [0.29, 0.717) is 6.54 Å². The molecule has 1 aromatic heterocycles. The van der Waals surface area contributed by atoms with Gasteiger partial charge in [0.25, 0.3) is 0 Å². The fraction of sp³-hybridized carbons (Fsp3) is 0.615. The average molecular weight is 252 g/mol. The van der Waals surface area contributed by atoms with Crippen LogP contribution in [0.3, 0.4) is 0 Å². The second-order valence-corrected chi connectivity index (χ2v) is 5.86. The Kier molecular flexibility index (Phi) is 4.05. The maximum Gasteiger partial charge on any atom is 0.317 e. The summed E-state index contributed by atoms with van der Waals surface area (Å²) in [5.41, 5.74) is 1.27. The van der Waals surface area contributed by atoms with E-state index >= 15 is 0 Å². The maximum atomic E-state index is 11.9. The highest BCUT2D eigenvalue weighted by atomic mass is 32.1. The highest BCUT2D eigenvalue weighted by Crippen LogP contribution is 2.17. The summed E-state index contributed by atoms with van der Waals surface area (Å²) in [5.74, 6) is 0.763. The lowest BCUT2D eigenvalue weighted by molar-refractivity contribution is 0.173. The Labute approximate surface area is 107 Å². The van der Waals surface area contributed by atoms with Gasteiger partial charge in [-0.3, -0.25) is 0 Å². The Morgan fingerprint density at radius 3 is 2.82 bits per heavy atom. The Balaban J connectivity index is 1.80. The third-order valence-electron chi connectivity index (χ3n) is 3.44. The number of carbonyl (C=O) groups excluding carboxylic acids is 1. The van der Waals surface area contributed by atoms with Crippen LogP contribution in [0.25, 0.3) is 0 Å². The standard InChI is InChI=1S/C13H20N2OS/c1-10-3-6-15(7-4-10)13(16)14-9-12-11(2)5-8-17-12/h5,8,10H,3-4,6-7,9H2,1-2H3,(H,14,16). The topological polar surface area (TPSA) is 32.3 Å². The van der Waals surface area contributed by atoms with Gasteiger partial charge in [-0.25, -0.2) is 4.79 Å². The summed E-state index contributed by atoms with van der Waals surface area (Å²) in [6.07, 6.45) is 2.26. The van der Waals surface area contributed by atoms with Crippen molar-refractivity contribution in [3.05, 3.63) is 21.9 Å². The molecule has 1 saturated heterocycles. The molecule has 0 bridgehead atoms. The van der Waals surface area contributed by atoms with E-state index in [1.807, 2.05) is 4.90 Å². The van der Waals surface area contributed by atoms with Crippen molar-refractivity contribution in [3.8, 4) is 0 Å². The Bertz CT molecular complexity index is 381. The van der Waals surface area contributed by atoms with Crippen LogP contribution in [-0.4, -0.2) is 24.0 Å². The Morgan fingerprint density at radius 2 is 2.24 bits per heavy atom. The van der Waals surface area contributed by atoms with Crippen molar-refractivity contribution in [2.45, 2.75) is 33.2 Å². The molecule has 17 heavy (non-hydrogen) atoms. The molecular weight excluding hydrogens is 232 g/mol. The molecule has 0 atom stereocenters. The smallest absolute Gasteiger partial charge is 0.317 e. The van der Waals surface area contributed by atoms with E-state index in [0.717, 1.165) is 31.8 Å². The second-order valence-electron chi connectivity index (χ2n) is 4.86. The first-order valence-electron chi connectivity index (χ1n) is 6.22. The SMILES string of the molecule is Cc1ccsc1CNC(=O)N1CCC(C)CC1. The van der Waals surface area contributed by atoms with Crippen LogP contribution in [0.4, 0.5) is 4.79 Å². The lowest BCUT2D eigenvalue weighted by Gasteiger charge is -2.30. The van der Waals surface area contributed by atoms with Crippen molar-refractivity contribution < 1.29 is 4.79 Å². The number of nitrogens with zero attached hydrogens (tertiary/aromatic N) is 1. The first kappa shape index (κ1) is 12.4. The number of carbonyl (C=O) groups is 1. The van der Waals surface area contributed by atoms with E-state index in [4.69, 9.17) is 0 Å². The Hall–Kier alpha value is -1.03. The van der Waals surface area contributed by atoms with Crippen LogP contribution >= 0.6 is 11.3 Å². The highest BCUT2D eigenvalue weighted by Gasteiger charge is 2.19. The molecule has 1 aromatic rings. The monoisotopic (exact) mass is 252 g/mol. The molecule has 94 valence electrons. The van der Waals surface area contributed by atoms with Gasteiger partial charge in [0.15, 0.2) is 0 Å². The number of hydrogen-bond donors (Lipinski definition) is 1. The van der Waals surface area contributed by atoms with Crippen molar-refractivity contribution in [2.75, 3.05) is 13.1 Å². The van der Waals surface area contributed by atoms with Crippen LogP contribution in [0, 0.1) is 12.8 Å². The predicted molar refractivity (Wildman–Crippen MR) is 71.3 cm³/mol. The first-order valence-corrected chi connectivity index (χ1v) is 7.10. The third kappa shape index (κ3) is 3.22. The van der Waals surface area contributed by atoms with Crippen molar-refractivity contribution >= 4 is 17.4 Å². The van der Waals surface area contributed by atoms with Crippen LogP contribution in [0.1, 0.15) is 30.2 Å². The molecule has 3 nitrogen and oxygen atoms in total. The molecule has 2 heterocycles. The van der Waals surface area contributed by atoms with E-state index in [1.54, 1.807) is 11.3 Å². The van der Waals surface area contributed by atoms with Crippen LogP contribution in [-0.2, 0) is 6.54 Å². The zero-order chi connectivity index (χ0) is 12.3. The van der Waals surface area contributed by atoms with Gasteiger partial charge in [0.2, 0.25) is 0 Å². The normalized spacial score (nSPS) is 17.2. The molecule has 0 spiro atoms. The van der Waals surface area contributed by atoms with E-state index in [-0.39, 0.29) is 6.03 Å². The van der Waals surface area contributed by atoms with Gasteiger partial charge in [-0.2, -0.15) is 0 Å². The van der Waals surface area contributed by atoms with Gasteiger partial charge >= 0.3 is 6.03 Å². The first-order chi connectivity index (χ1) is 8.16. The molecule has 0 aromatic carbocycles. The molecule has 0 radical (unpaired) electrons. The molecule has 4 heteroatoms. The Morgan fingerprint density at radius 1 is 1.53 bits per heavy atom. The molecule has 0 aliphatic carbocycles. The van der Waals surface area contributed by atoms with Crippen molar-refractivity contribution in [1.82, 2.24) is 10.2 Å². The number of hydrogen-bond acceptors (Lipinski definition) is 2. The third-order valence-corrected chi connectivity index (χ3v) is 4.46. The van der Waals surface area contributed by atoms with Gasteiger partial charge < -0.3 is 10.2 Å². The van der Waals surface area contributed by atoms with Gasteiger partial charge in [0.05, 0.1) is 6.54 Å². The minimum atomic E-state index is 0.0877. The molecule has 1 aliphatic rings. The predicted octanol–water partition coefficient (Wildman–Crippen LogP) is 3.00. The number of nitrogens with one attached hydrogen (secondary N) is 1. The fourth-order valence-electron chi connectivity index (χ4n) is 2.06. The summed E-state index contributed by atoms with van der Waals surface area (Å²) in [5, 5.41) is 5.08. The van der Waals surface area contributed by atoms with Crippen LogP contribution in [0.5, 0.6) is 0 Å². The number of likely N-dealkylation sites (tertiary alicyclic amines) is 1. The fourth-order valence-corrected chi connectivity index (χ4v) is 2.91. The number of thiophene rings is 1. The molecular formula is C13H20N2OS. The largest absolute Gasteiger partial charge is 0.333 e. The maximum absolute atomic E-state index is 11.9. The summed E-state index contributed by atoms with van der Waals surface area (Å²) in [6, 6.07) is 2.18. The van der Waals surface area contributed by atoms with Crippen LogP contribution in [0.2, 0.25) is 0 Å². The molecule has 1 fully saturated rings. The number of aryl methyl sites for hydroxylation is 1. The summed E-state index contributed by atoms with van der Waals surface area (Å²) in [6.45, 7) is 6.80. The lowest BCUT2D eigenvalue weighted by atomic mass is 10.00. The average Bonchev–Trinajstić information content (AvgIpc) is 2.73. The molecule has 1 aliphatic heterocycles. The molecule has 1 N–H and O–H groups in total. The van der Waals surface area contributed by atoms with Gasteiger partial charge in [-0.1, -0.05) is 6.92 Å². The number of piperidine rings is 1. The number of rotatable bonds is 2. The highest BCUT2D eigenvalue weighted by molar-refractivity contribution is 7.10. The summed E-state index contributed by atoms with van der Waals surface area (Å²) < 4.78 is 0. The molecule has 2 amide bonds. The van der Waals surface area contributed by atoms with Gasteiger partial charge in [-0.15, -0.1) is 11.3 Å². The molecule has 0 saturated carbocycles. The van der Waals surface area contributed by atoms with Crippen molar-refractivity contribution in [3.63, 3.8) is 0 Å². The van der Waals surface area contributed by atoms with Gasteiger partial charge in [0.1, 0.15) is 0 Å². The van der Waals surface area contributed by atoms with Crippen LogP contribution in [0.15, 0.2) is 11.4 Å². The van der Waals surface area contributed by atoms with Crippen LogP contribution < -0.4 is 5.32 Å². The summed E-state index contributed by atoms with van der Waals surface area (Å²) in [4.78, 5) is 15.1. The lowest BCUT2D eigenvalue weighted by Crippen LogP contribution is -2.43. The zero-order valence-corrected chi connectivity index (χ0v) is 11.3. The van der Waals surface area contributed by atoms with E-state index in [1.165, 1.54) is 10.4 Å². The van der Waals surface area contributed by atoms with Crippen molar-refractivity contribution in [2.24, 2.45) is 5.92 Å². The zero-order valence-electron chi connectivity index (χ0n) is 10.5. The summed E-state index contributed by atoms with van der Waals surface area (Å²) >= 11 is 1.71. The minimum absolute atomic E-state index is 0.0877. The van der Waals surface area contributed by atoms with Gasteiger partial charge in [-0.05, 0) is 42.7 Å². The van der Waals surface area contributed by atoms with E-state index in [9.17, 15) is 4.79 Å². The van der Waals surface area contributed by atoms with E-state index in [2.05, 4.69) is 30.6 Å². The number of urea groups is 1. The minimum Gasteiger partial charge on any atom is -0.333 e. The van der Waals surface area contributed by atoms with Crippen molar-refractivity contribution in [1.29, 1.82) is 0 Å². The van der Waals surface area contributed by atoms with E-state index < -0.39 is 0 Å². The quantitative estimate of drug-likeness (QED) is 0.862. The summed E-state index contributed by atoms with van der Waals surface area (Å²) in [7, 11) is 0. The second kappa shape index (κ2) is 5.54.